The molecule has 0 saturated heterocycles. The molecule has 0 spiro atoms. The summed E-state index contributed by atoms with van der Waals surface area (Å²) < 4.78 is 0. The zero-order valence-electron chi connectivity index (χ0n) is 9.11. The van der Waals surface area contributed by atoms with Crippen molar-refractivity contribution >= 4 is 6.08 Å². The Balaban J connectivity index is 2.41. The molecule has 15 heavy (non-hydrogen) atoms. The summed E-state index contributed by atoms with van der Waals surface area (Å²) in [6.07, 6.45) is 9.63. The molecule has 0 nitrogen and oxygen atoms in total. The lowest BCUT2D eigenvalue weighted by Gasteiger charge is -2.21. The van der Waals surface area contributed by atoms with Crippen LogP contribution in [0.3, 0.4) is 0 Å². The summed E-state index contributed by atoms with van der Waals surface area (Å²) in [5.74, 6) is 0.532. The first-order valence-corrected chi connectivity index (χ1v) is 5.37. The second kappa shape index (κ2) is 4.31. The lowest BCUT2D eigenvalue weighted by atomic mass is 9.84. The van der Waals surface area contributed by atoms with Crippen LogP contribution in [0.4, 0.5) is 0 Å². The Kier molecular flexibility index (Phi) is 2.86. The molecule has 1 atom stereocenters. The quantitative estimate of drug-likeness (QED) is 0.660. The molecular weight excluding hydrogens is 180 g/mol. The summed E-state index contributed by atoms with van der Waals surface area (Å²) in [5, 5.41) is 0. The van der Waals surface area contributed by atoms with Crippen molar-refractivity contribution in [3.63, 3.8) is 0 Å². The lowest BCUT2D eigenvalue weighted by molar-refractivity contribution is 0.796. The van der Waals surface area contributed by atoms with E-state index in [1.165, 1.54) is 16.7 Å². The minimum absolute atomic E-state index is 0.532. The van der Waals surface area contributed by atoms with Crippen molar-refractivity contribution in [1.29, 1.82) is 0 Å². The van der Waals surface area contributed by atoms with Gasteiger partial charge in [-0.15, -0.1) is 0 Å². The molecule has 1 aliphatic rings. The molecule has 1 unspecified atom stereocenters. The molecule has 0 heteroatoms. The van der Waals surface area contributed by atoms with Gasteiger partial charge in [0.25, 0.3) is 0 Å². The van der Waals surface area contributed by atoms with Gasteiger partial charge in [-0.1, -0.05) is 60.7 Å². The van der Waals surface area contributed by atoms with Crippen molar-refractivity contribution in [2.24, 2.45) is 0 Å². The number of hydrogen-bond donors (Lipinski definition) is 0. The van der Waals surface area contributed by atoms with E-state index in [9.17, 15) is 0 Å². The minimum atomic E-state index is 0.532. The zero-order valence-corrected chi connectivity index (χ0v) is 9.11. The van der Waals surface area contributed by atoms with Crippen LogP contribution in [-0.2, 0) is 0 Å². The monoisotopic (exact) mass is 196 g/mol. The summed E-state index contributed by atoms with van der Waals surface area (Å²) >= 11 is 0. The van der Waals surface area contributed by atoms with Gasteiger partial charge >= 0.3 is 0 Å². The summed E-state index contributed by atoms with van der Waals surface area (Å²) in [7, 11) is 0. The molecule has 0 fully saturated rings. The van der Waals surface area contributed by atoms with Crippen molar-refractivity contribution in [3.8, 4) is 0 Å². The SMILES string of the molecule is C=Cc1ccccc1C1CC=CC=C1C. The molecule has 76 valence electrons. The maximum Gasteiger partial charge on any atom is 0.00890 e. The van der Waals surface area contributed by atoms with E-state index in [0.717, 1.165) is 6.42 Å². The summed E-state index contributed by atoms with van der Waals surface area (Å²) in [4.78, 5) is 0. The predicted molar refractivity (Wildman–Crippen MR) is 66.8 cm³/mol. The molecule has 0 bridgehead atoms. The first kappa shape index (κ1) is 9.97. The third-order valence-electron chi connectivity index (χ3n) is 3.01. The maximum absolute atomic E-state index is 3.87. The van der Waals surface area contributed by atoms with Gasteiger partial charge in [0.1, 0.15) is 0 Å². The molecule has 1 aromatic rings. The largest absolute Gasteiger partial charge is 0.0985 e. The molecule has 0 saturated carbocycles. The maximum atomic E-state index is 3.87. The van der Waals surface area contributed by atoms with E-state index >= 15 is 0 Å². The van der Waals surface area contributed by atoms with Crippen LogP contribution < -0.4 is 0 Å². The Hall–Kier alpha value is -1.56. The number of rotatable bonds is 2. The second-order valence-corrected chi connectivity index (χ2v) is 3.96. The molecule has 0 amide bonds. The van der Waals surface area contributed by atoms with Gasteiger partial charge < -0.3 is 0 Å². The van der Waals surface area contributed by atoms with Crippen LogP contribution in [-0.4, -0.2) is 0 Å². The fourth-order valence-electron chi connectivity index (χ4n) is 2.12. The van der Waals surface area contributed by atoms with Crippen molar-refractivity contribution in [1.82, 2.24) is 0 Å². The van der Waals surface area contributed by atoms with E-state index < -0.39 is 0 Å². The highest BCUT2D eigenvalue weighted by molar-refractivity contribution is 5.55. The zero-order chi connectivity index (χ0) is 10.7. The van der Waals surface area contributed by atoms with E-state index in [0.29, 0.717) is 5.92 Å². The van der Waals surface area contributed by atoms with E-state index in [4.69, 9.17) is 0 Å². The standard InChI is InChI=1S/C15H16/c1-3-13-9-5-7-11-15(13)14-10-6-4-8-12(14)2/h3-9,11,14H,1,10H2,2H3. The topological polar surface area (TPSA) is 0 Å². The number of hydrogen-bond acceptors (Lipinski definition) is 0. The molecule has 1 aliphatic carbocycles. The van der Waals surface area contributed by atoms with Crippen LogP contribution in [0, 0.1) is 0 Å². The Morgan fingerprint density at radius 3 is 2.87 bits per heavy atom. The average Bonchev–Trinajstić information content (AvgIpc) is 2.30. The summed E-state index contributed by atoms with van der Waals surface area (Å²) in [6, 6.07) is 8.51. The highest BCUT2D eigenvalue weighted by Gasteiger charge is 2.15. The lowest BCUT2D eigenvalue weighted by Crippen LogP contribution is -2.03. The van der Waals surface area contributed by atoms with Gasteiger partial charge in [0, 0.05) is 5.92 Å². The van der Waals surface area contributed by atoms with Crippen LogP contribution in [0.25, 0.3) is 6.08 Å². The van der Waals surface area contributed by atoms with E-state index in [1.807, 2.05) is 6.08 Å². The van der Waals surface area contributed by atoms with Gasteiger partial charge in [-0.2, -0.15) is 0 Å². The number of benzene rings is 1. The highest BCUT2D eigenvalue weighted by Crippen LogP contribution is 2.33. The first-order valence-electron chi connectivity index (χ1n) is 5.37. The predicted octanol–water partition coefficient (Wildman–Crippen LogP) is 4.32. The van der Waals surface area contributed by atoms with Crippen molar-refractivity contribution in [3.05, 3.63) is 65.8 Å². The van der Waals surface area contributed by atoms with Gasteiger partial charge in [-0.3, -0.25) is 0 Å². The molecule has 0 heterocycles. The molecule has 0 N–H and O–H groups in total. The van der Waals surface area contributed by atoms with Crippen LogP contribution in [0.2, 0.25) is 0 Å². The molecular formula is C15H16. The molecule has 1 aromatic carbocycles. The molecule has 0 radical (unpaired) electrons. The average molecular weight is 196 g/mol. The van der Waals surface area contributed by atoms with Crippen molar-refractivity contribution in [2.75, 3.05) is 0 Å². The first-order chi connectivity index (χ1) is 7.33. The fourth-order valence-corrected chi connectivity index (χ4v) is 2.12. The van der Waals surface area contributed by atoms with Gasteiger partial charge in [-0.25, -0.2) is 0 Å². The van der Waals surface area contributed by atoms with Gasteiger partial charge in [-0.05, 0) is 24.5 Å². The van der Waals surface area contributed by atoms with Gasteiger partial charge in [0.15, 0.2) is 0 Å². The Bertz CT molecular complexity index is 421. The van der Waals surface area contributed by atoms with Gasteiger partial charge in [0.05, 0.1) is 0 Å². The van der Waals surface area contributed by atoms with Crippen molar-refractivity contribution in [2.45, 2.75) is 19.3 Å². The third-order valence-corrected chi connectivity index (χ3v) is 3.01. The summed E-state index contributed by atoms with van der Waals surface area (Å²) in [5.41, 5.74) is 4.09. The van der Waals surface area contributed by atoms with Crippen LogP contribution >= 0.6 is 0 Å². The van der Waals surface area contributed by atoms with Crippen LogP contribution in [0.1, 0.15) is 30.4 Å². The van der Waals surface area contributed by atoms with Crippen LogP contribution in [0.5, 0.6) is 0 Å². The normalized spacial score (nSPS) is 19.8. The third kappa shape index (κ3) is 1.94. The fraction of sp³-hybridized carbons (Fsp3) is 0.200. The van der Waals surface area contributed by atoms with Crippen molar-refractivity contribution < 1.29 is 0 Å². The Morgan fingerprint density at radius 2 is 2.13 bits per heavy atom. The van der Waals surface area contributed by atoms with Gasteiger partial charge in [0.2, 0.25) is 0 Å². The van der Waals surface area contributed by atoms with E-state index in [2.05, 4.69) is 56.0 Å². The molecule has 0 aliphatic heterocycles. The highest BCUT2D eigenvalue weighted by atomic mass is 14.2. The number of allylic oxidation sites excluding steroid dienone is 4. The molecule has 0 aromatic heterocycles. The van der Waals surface area contributed by atoms with Crippen LogP contribution in [0.15, 0.2) is 54.6 Å². The minimum Gasteiger partial charge on any atom is -0.0985 e. The Labute approximate surface area is 91.6 Å². The van der Waals surface area contributed by atoms with E-state index in [1.54, 1.807) is 0 Å². The second-order valence-electron chi connectivity index (χ2n) is 3.96. The summed E-state index contributed by atoms with van der Waals surface area (Å²) in [6.45, 7) is 6.08. The Morgan fingerprint density at radius 1 is 1.33 bits per heavy atom. The smallest absolute Gasteiger partial charge is 0.00890 e. The molecule has 2 rings (SSSR count). The van der Waals surface area contributed by atoms with E-state index in [-0.39, 0.29) is 0 Å².